The number of nitrogens with zero attached hydrogens (tertiary/aromatic N) is 7. The van der Waals surface area contributed by atoms with E-state index >= 15 is 0 Å². The third-order valence-electron chi connectivity index (χ3n) is 6.90. The van der Waals surface area contributed by atoms with Gasteiger partial charge in [-0.25, -0.2) is 4.68 Å². The van der Waals surface area contributed by atoms with Crippen LogP contribution >= 0.6 is 0 Å². The second kappa shape index (κ2) is 9.82. The molecule has 2 saturated heterocycles. The summed E-state index contributed by atoms with van der Waals surface area (Å²) < 4.78 is 13.1. The number of aromatic nitrogens is 4. The van der Waals surface area contributed by atoms with Crippen LogP contribution in [-0.2, 0) is 16.0 Å². The van der Waals surface area contributed by atoms with E-state index < -0.39 is 0 Å². The topological polar surface area (TPSA) is 109 Å². The summed E-state index contributed by atoms with van der Waals surface area (Å²) in [4.78, 5) is 17.3. The first-order chi connectivity index (χ1) is 17.1. The molecule has 2 fully saturated rings. The summed E-state index contributed by atoms with van der Waals surface area (Å²) in [7, 11) is 1.57. The quantitative estimate of drug-likeness (QED) is 0.551. The number of morpholine rings is 1. The molecule has 1 amide bonds. The molecule has 10 nitrogen and oxygen atoms in total. The van der Waals surface area contributed by atoms with Crippen molar-refractivity contribution < 1.29 is 14.3 Å². The number of benzene rings is 2. The van der Waals surface area contributed by atoms with Gasteiger partial charge in [0.05, 0.1) is 43.5 Å². The molecule has 0 radical (unpaired) electrons. The average Bonchev–Trinajstić information content (AvgIpc) is 3.43. The minimum Gasteiger partial charge on any atom is -0.495 e. The maximum absolute atomic E-state index is 13.0. The van der Waals surface area contributed by atoms with Crippen LogP contribution in [0.3, 0.4) is 0 Å². The van der Waals surface area contributed by atoms with E-state index in [1.165, 1.54) is 6.33 Å². The molecule has 0 unspecified atom stereocenters. The summed E-state index contributed by atoms with van der Waals surface area (Å²) in [5.41, 5.74) is 4.27. The van der Waals surface area contributed by atoms with Gasteiger partial charge in [0.15, 0.2) is 0 Å². The monoisotopic (exact) mass is 473 g/mol. The van der Waals surface area contributed by atoms with Crippen molar-refractivity contribution >= 4 is 5.91 Å². The Bertz CT molecular complexity index is 1240. The number of tetrazole rings is 1. The van der Waals surface area contributed by atoms with Crippen LogP contribution < -0.4 is 4.74 Å². The van der Waals surface area contributed by atoms with Gasteiger partial charge in [-0.3, -0.25) is 9.69 Å². The van der Waals surface area contributed by atoms with E-state index in [4.69, 9.17) is 9.47 Å². The van der Waals surface area contributed by atoms with Crippen molar-refractivity contribution in [1.29, 1.82) is 5.26 Å². The van der Waals surface area contributed by atoms with Gasteiger partial charge < -0.3 is 14.4 Å². The Morgan fingerprint density at radius 2 is 2.03 bits per heavy atom. The molecule has 0 N–H and O–H groups in total. The van der Waals surface area contributed by atoms with Crippen molar-refractivity contribution in [2.24, 2.45) is 0 Å². The lowest BCUT2D eigenvalue weighted by atomic mass is 9.96. The lowest BCUT2D eigenvalue weighted by Gasteiger charge is -2.46. The van der Waals surface area contributed by atoms with Crippen LogP contribution in [0.5, 0.6) is 5.75 Å². The SMILES string of the molecule is COc1ccc([C@@H]2CN3CCN(C(=O)Cc4ccc(-n5cnnn5)cc4)C[C@H]3CO2)c(C)c1C#N. The van der Waals surface area contributed by atoms with Gasteiger partial charge in [0, 0.05) is 26.2 Å². The molecule has 10 heteroatoms. The van der Waals surface area contributed by atoms with Crippen LogP contribution in [0.4, 0.5) is 0 Å². The molecule has 0 saturated carbocycles. The molecule has 0 spiro atoms. The number of carbonyl (C=O) groups excluding carboxylic acids is 1. The largest absolute Gasteiger partial charge is 0.495 e. The van der Waals surface area contributed by atoms with Crippen molar-refractivity contribution in [1.82, 2.24) is 30.0 Å². The fourth-order valence-corrected chi connectivity index (χ4v) is 4.89. The van der Waals surface area contributed by atoms with E-state index in [0.717, 1.165) is 35.5 Å². The molecular formula is C25H27N7O3. The van der Waals surface area contributed by atoms with Gasteiger partial charge in [-0.05, 0) is 52.2 Å². The first kappa shape index (κ1) is 23.0. The number of amides is 1. The standard InChI is InChI=1S/C25H27N7O3/c1-17-21(7-8-23(34-2)22(17)12-26)24-14-30-9-10-31(13-20(30)15-35-24)25(33)11-18-3-5-19(6-4-18)32-16-27-28-29-32/h3-8,16,20,24H,9-11,13-15H2,1-2H3/t20-,24-/m0/s1. The van der Waals surface area contributed by atoms with Crippen molar-refractivity contribution in [2.75, 3.05) is 39.9 Å². The molecule has 0 bridgehead atoms. The maximum atomic E-state index is 13.0. The van der Waals surface area contributed by atoms with Crippen molar-refractivity contribution in [3.05, 3.63) is 65.0 Å². The molecule has 5 rings (SSSR count). The lowest BCUT2D eigenvalue weighted by Crippen LogP contribution is -2.59. The molecule has 2 aliphatic heterocycles. The zero-order valence-corrected chi connectivity index (χ0v) is 19.8. The molecule has 0 aliphatic carbocycles. The van der Waals surface area contributed by atoms with Crippen LogP contribution in [0, 0.1) is 18.3 Å². The third kappa shape index (κ3) is 4.60. The minimum absolute atomic E-state index is 0.106. The van der Waals surface area contributed by atoms with Gasteiger partial charge in [0.25, 0.3) is 0 Å². The number of piperazine rings is 1. The third-order valence-corrected chi connectivity index (χ3v) is 6.90. The predicted molar refractivity (Wildman–Crippen MR) is 126 cm³/mol. The highest BCUT2D eigenvalue weighted by molar-refractivity contribution is 5.79. The van der Waals surface area contributed by atoms with E-state index in [1.807, 2.05) is 48.2 Å². The van der Waals surface area contributed by atoms with Crippen LogP contribution in [0.2, 0.25) is 0 Å². The Kier molecular flexibility index (Phi) is 6.44. The van der Waals surface area contributed by atoms with Crippen LogP contribution in [-0.4, -0.2) is 81.9 Å². The number of carbonyl (C=O) groups is 1. The average molecular weight is 474 g/mol. The number of nitriles is 1. The number of hydrogen-bond acceptors (Lipinski definition) is 8. The van der Waals surface area contributed by atoms with Crippen LogP contribution in [0.25, 0.3) is 5.69 Å². The first-order valence-corrected chi connectivity index (χ1v) is 11.6. The van der Waals surface area contributed by atoms with Crippen LogP contribution in [0.1, 0.15) is 28.4 Å². The molecule has 1 aromatic heterocycles. The fourth-order valence-electron chi connectivity index (χ4n) is 4.89. The molecule has 2 aromatic carbocycles. The second-order valence-corrected chi connectivity index (χ2v) is 8.88. The number of methoxy groups -OCH3 is 1. The predicted octanol–water partition coefficient (Wildman–Crippen LogP) is 1.68. The second-order valence-electron chi connectivity index (χ2n) is 8.88. The first-order valence-electron chi connectivity index (χ1n) is 11.6. The number of fused-ring (bicyclic) bond motifs is 1. The van der Waals surface area contributed by atoms with E-state index in [2.05, 4.69) is 26.5 Å². The summed E-state index contributed by atoms with van der Waals surface area (Å²) >= 11 is 0. The maximum Gasteiger partial charge on any atom is 0.227 e. The summed E-state index contributed by atoms with van der Waals surface area (Å²) in [6.07, 6.45) is 1.79. The smallest absolute Gasteiger partial charge is 0.227 e. The molecule has 35 heavy (non-hydrogen) atoms. The number of hydrogen-bond donors (Lipinski definition) is 0. The summed E-state index contributed by atoms with van der Waals surface area (Å²) in [5.74, 6) is 0.700. The molecule has 2 aliphatic rings. The van der Waals surface area contributed by atoms with Crippen molar-refractivity contribution in [2.45, 2.75) is 25.5 Å². The Morgan fingerprint density at radius 1 is 1.20 bits per heavy atom. The molecule has 3 heterocycles. The van der Waals surface area contributed by atoms with Crippen molar-refractivity contribution in [3.8, 4) is 17.5 Å². The fraction of sp³-hybridized carbons (Fsp3) is 0.400. The van der Waals surface area contributed by atoms with Gasteiger partial charge >= 0.3 is 0 Å². The molecule has 3 aromatic rings. The molecule has 180 valence electrons. The highest BCUT2D eigenvalue weighted by Gasteiger charge is 2.36. The minimum atomic E-state index is -0.106. The summed E-state index contributed by atoms with van der Waals surface area (Å²) in [6, 6.07) is 13.9. The zero-order chi connectivity index (χ0) is 24.4. The molecule has 2 atom stereocenters. The molecular weight excluding hydrogens is 446 g/mol. The van der Waals surface area contributed by atoms with E-state index in [1.54, 1.807) is 11.8 Å². The highest BCUT2D eigenvalue weighted by Crippen LogP contribution is 2.33. The van der Waals surface area contributed by atoms with Gasteiger partial charge in [-0.15, -0.1) is 5.10 Å². The Hall–Kier alpha value is -3.81. The van der Waals surface area contributed by atoms with Crippen LogP contribution in [0.15, 0.2) is 42.7 Å². The van der Waals surface area contributed by atoms with Crippen molar-refractivity contribution in [3.63, 3.8) is 0 Å². The summed E-state index contributed by atoms with van der Waals surface area (Å²) in [6.45, 7) is 5.37. The van der Waals surface area contributed by atoms with E-state index in [0.29, 0.717) is 37.4 Å². The van der Waals surface area contributed by atoms with E-state index in [9.17, 15) is 10.1 Å². The normalized spacial score (nSPS) is 20.2. The summed E-state index contributed by atoms with van der Waals surface area (Å²) in [5, 5.41) is 20.7. The van der Waals surface area contributed by atoms with Gasteiger partial charge in [-0.2, -0.15) is 5.26 Å². The van der Waals surface area contributed by atoms with E-state index in [-0.39, 0.29) is 18.1 Å². The Labute approximate surface area is 203 Å². The van der Waals surface area contributed by atoms with Gasteiger partial charge in [-0.1, -0.05) is 18.2 Å². The number of rotatable bonds is 5. The Balaban J connectivity index is 1.19. The highest BCUT2D eigenvalue weighted by atomic mass is 16.5. The van der Waals surface area contributed by atoms with Gasteiger partial charge in [0.1, 0.15) is 18.1 Å². The van der Waals surface area contributed by atoms with Gasteiger partial charge in [0.2, 0.25) is 5.91 Å². The zero-order valence-electron chi connectivity index (χ0n) is 19.8. The Morgan fingerprint density at radius 3 is 2.74 bits per heavy atom. The number of ether oxygens (including phenoxy) is 2. The lowest BCUT2D eigenvalue weighted by molar-refractivity contribution is -0.139.